The average molecular weight is 806 g/mol. The zero-order valence-electron chi connectivity index (χ0n) is 31.8. The maximum absolute atomic E-state index is 3.87. The van der Waals surface area contributed by atoms with E-state index in [9.17, 15) is 0 Å². The standard InChI is InChI=1S/C45H45.C2H6Si.2ClH.Zr/c1-8-13-32-27-39-35(31-20-18-30(19-21-31)29-14-10-9-11-15-29)16-12-17-38(39)42(32)43-40-28-33-26-34(44(2,3)4)22-23-36(33)37(40)24-25-41(43)45(5,6)7;1-3-2;;;/h9-12,14-24,26-27,42H,8,13,28H2,1-7H3;1-2H3;2*1H;/q-1;;;;+3/p-2. The summed E-state index contributed by atoms with van der Waals surface area (Å²) in [6.45, 7) is 20.7. The molecule has 0 amide bonds. The van der Waals surface area contributed by atoms with Gasteiger partial charge < -0.3 is 24.8 Å². The number of hydrogen-bond donors (Lipinski definition) is 0. The number of fused-ring (bicyclic) bond motifs is 4. The molecule has 7 rings (SSSR count). The second-order valence-corrected chi connectivity index (χ2v) is 16.7. The number of rotatable bonds is 5. The van der Waals surface area contributed by atoms with Crippen LogP contribution in [0.1, 0.15) is 106 Å². The Balaban J connectivity index is 0.00000113. The predicted octanol–water partition coefficient (Wildman–Crippen LogP) is 7.11. The molecule has 4 heteroatoms. The molecule has 1 unspecified atom stereocenters. The summed E-state index contributed by atoms with van der Waals surface area (Å²) in [7, 11) is 1.08. The van der Waals surface area contributed by atoms with Crippen LogP contribution >= 0.6 is 0 Å². The van der Waals surface area contributed by atoms with Gasteiger partial charge in [0.25, 0.3) is 0 Å². The number of halogens is 2. The Kier molecular flexibility index (Phi) is 14.8. The van der Waals surface area contributed by atoms with Gasteiger partial charge in [-0.15, -0.1) is 16.7 Å². The van der Waals surface area contributed by atoms with Crippen LogP contribution in [0.3, 0.4) is 0 Å². The molecule has 51 heavy (non-hydrogen) atoms. The molecule has 0 spiro atoms. The third-order valence-corrected chi connectivity index (χ3v) is 9.94. The van der Waals surface area contributed by atoms with E-state index in [2.05, 4.69) is 171 Å². The summed E-state index contributed by atoms with van der Waals surface area (Å²) in [4.78, 5) is 0. The zero-order valence-corrected chi connectivity index (χ0v) is 36.7. The Labute approximate surface area is 342 Å². The third kappa shape index (κ3) is 8.68. The van der Waals surface area contributed by atoms with Gasteiger partial charge in [-0.05, 0) is 74.1 Å². The van der Waals surface area contributed by atoms with Crippen LogP contribution < -0.4 is 24.8 Å². The molecule has 0 aromatic heterocycles. The van der Waals surface area contributed by atoms with Gasteiger partial charge in [-0.3, -0.25) is 0 Å². The molecule has 261 valence electrons. The molecular formula is C47H51Cl2SiZr. The van der Waals surface area contributed by atoms with Crippen molar-refractivity contribution in [2.45, 2.75) is 97.6 Å². The third-order valence-electron chi connectivity index (χ3n) is 9.94. The maximum Gasteiger partial charge on any atom is 3.00 e. The van der Waals surface area contributed by atoms with Gasteiger partial charge in [-0.2, -0.15) is 17.7 Å². The van der Waals surface area contributed by atoms with Gasteiger partial charge in [0.2, 0.25) is 0 Å². The Morgan fingerprint density at radius 3 is 1.94 bits per heavy atom. The van der Waals surface area contributed by atoms with Gasteiger partial charge in [0.15, 0.2) is 0 Å². The molecule has 3 radical (unpaired) electrons. The maximum atomic E-state index is 3.87. The van der Waals surface area contributed by atoms with Crippen molar-refractivity contribution >= 4 is 15.6 Å². The predicted molar refractivity (Wildman–Crippen MR) is 210 cm³/mol. The van der Waals surface area contributed by atoms with Crippen LogP contribution in [0.4, 0.5) is 0 Å². The topological polar surface area (TPSA) is 0 Å². The minimum Gasteiger partial charge on any atom is -1.00 e. The van der Waals surface area contributed by atoms with E-state index in [1.165, 1.54) is 72.3 Å². The van der Waals surface area contributed by atoms with Crippen LogP contribution in [0.25, 0.3) is 39.5 Å². The van der Waals surface area contributed by atoms with Crippen LogP contribution in [0.2, 0.25) is 13.1 Å². The van der Waals surface area contributed by atoms with Crippen molar-refractivity contribution in [3.63, 3.8) is 0 Å². The number of allylic oxidation sites excluding steroid dienone is 1. The summed E-state index contributed by atoms with van der Waals surface area (Å²) in [5.41, 5.74) is 19.6. The van der Waals surface area contributed by atoms with E-state index in [1.807, 2.05) is 0 Å². The van der Waals surface area contributed by atoms with E-state index in [-0.39, 0.29) is 67.8 Å². The van der Waals surface area contributed by atoms with E-state index in [0.29, 0.717) is 0 Å². The fourth-order valence-corrected chi connectivity index (χ4v) is 7.67. The smallest absolute Gasteiger partial charge is 1.00 e. The first-order valence-electron chi connectivity index (χ1n) is 17.8. The average Bonchev–Trinajstić information content (AvgIpc) is 3.62. The summed E-state index contributed by atoms with van der Waals surface area (Å²) in [6, 6.07) is 40.2. The van der Waals surface area contributed by atoms with Crippen molar-refractivity contribution in [3.05, 3.63) is 148 Å². The van der Waals surface area contributed by atoms with Gasteiger partial charge in [0.1, 0.15) is 0 Å². The van der Waals surface area contributed by atoms with Crippen molar-refractivity contribution in [1.82, 2.24) is 0 Å². The normalized spacial score (nSPS) is 14.0. The van der Waals surface area contributed by atoms with Crippen molar-refractivity contribution in [3.8, 4) is 33.4 Å². The molecule has 5 aromatic carbocycles. The van der Waals surface area contributed by atoms with Gasteiger partial charge in [0, 0.05) is 9.52 Å². The molecule has 2 aliphatic carbocycles. The molecule has 0 heterocycles. The number of hydrogen-bond acceptors (Lipinski definition) is 0. The minimum absolute atomic E-state index is 0. The number of benzene rings is 5. The first-order valence-corrected chi connectivity index (χ1v) is 19.8. The monoisotopic (exact) mass is 803 g/mol. The van der Waals surface area contributed by atoms with Crippen molar-refractivity contribution in [2.75, 3.05) is 0 Å². The molecule has 0 aliphatic heterocycles. The van der Waals surface area contributed by atoms with Gasteiger partial charge in [-0.1, -0.05) is 176 Å². The minimum atomic E-state index is -0.0132. The first-order chi connectivity index (χ1) is 23.0. The van der Waals surface area contributed by atoms with Crippen LogP contribution in [-0.2, 0) is 43.5 Å². The quantitative estimate of drug-likeness (QED) is 0.129. The summed E-state index contributed by atoms with van der Waals surface area (Å²) < 4.78 is 0. The van der Waals surface area contributed by atoms with E-state index >= 15 is 0 Å². The summed E-state index contributed by atoms with van der Waals surface area (Å²) >= 11 is 0. The summed E-state index contributed by atoms with van der Waals surface area (Å²) in [6.07, 6.45) is 5.76. The van der Waals surface area contributed by atoms with Crippen LogP contribution in [0.5, 0.6) is 0 Å². The molecule has 0 saturated heterocycles. The van der Waals surface area contributed by atoms with Crippen LogP contribution in [0.15, 0.2) is 103 Å². The Hall–Kier alpha value is -2.48. The molecule has 0 bridgehead atoms. The SMILES string of the molecule is CCCC1=Cc2c(-c3ccc(-c4ccccc4)cc3)cccc2C1c1c(C(C)(C)C)[c-]cc2c1Cc1cc(C(C)(C)C)ccc1-2.C[Si]C.[Cl-].[Cl-].[Zr+3]. The second-order valence-electron chi connectivity index (χ2n) is 15.7. The molecule has 0 saturated carbocycles. The fourth-order valence-electron chi connectivity index (χ4n) is 7.67. The van der Waals surface area contributed by atoms with E-state index in [4.69, 9.17) is 0 Å². The van der Waals surface area contributed by atoms with Gasteiger partial charge in [-0.25, -0.2) is 0 Å². The van der Waals surface area contributed by atoms with Crippen LogP contribution in [0, 0.1) is 6.07 Å². The van der Waals surface area contributed by atoms with Crippen LogP contribution in [-0.4, -0.2) is 9.52 Å². The Bertz CT molecular complexity index is 1960. The molecule has 0 N–H and O–H groups in total. The Morgan fingerprint density at radius 2 is 1.33 bits per heavy atom. The zero-order chi connectivity index (χ0) is 34.2. The second kappa shape index (κ2) is 17.6. The van der Waals surface area contributed by atoms with E-state index < -0.39 is 0 Å². The molecule has 5 aromatic rings. The Morgan fingerprint density at radius 1 is 0.706 bits per heavy atom. The fraction of sp³-hybridized carbons (Fsp3) is 0.319. The van der Waals surface area contributed by atoms with E-state index in [1.54, 1.807) is 5.57 Å². The van der Waals surface area contributed by atoms with Crippen molar-refractivity contribution in [1.29, 1.82) is 0 Å². The molecule has 2 aliphatic rings. The van der Waals surface area contributed by atoms with Gasteiger partial charge >= 0.3 is 26.2 Å². The largest absolute Gasteiger partial charge is 3.00 e. The molecule has 0 nitrogen and oxygen atoms in total. The first kappa shape index (κ1) is 42.9. The summed E-state index contributed by atoms with van der Waals surface area (Å²) in [5, 5.41) is 0. The van der Waals surface area contributed by atoms with E-state index in [0.717, 1.165) is 28.8 Å². The molecule has 0 fully saturated rings. The molecular weight excluding hydrogens is 755 g/mol. The van der Waals surface area contributed by atoms with Gasteiger partial charge in [0.05, 0.1) is 0 Å². The van der Waals surface area contributed by atoms with Crippen molar-refractivity contribution < 1.29 is 51.0 Å². The molecule has 1 atom stereocenters. The van der Waals surface area contributed by atoms with Crippen molar-refractivity contribution in [2.24, 2.45) is 0 Å². The summed E-state index contributed by atoms with van der Waals surface area (Å²) in [5.74, 6) is 0.250.